The van der Waals surface area contributed by atoms with E-state index >= 15 is 0 Å². The Morgan fingerprint density at radius 3 is 1.90 bits per heavy atom. The maximum absolute atomic E-state index is 5.32. The van der Waals surface area contributed by atoms with Crippen molar-refractivity contribution in [2.24, 2.45) is 11.8 Å². The Balaban J connectivity index is 1.78. The highest BCUT2D eigenvalue weighted by molar-refractivity contribution is 4.78. The van der Waals surface area contributed by atoms with Crippen LogP contribution in [0.2, 0.25) is 0 Å². The zero-order valence-electron chi connectivity index (χ0n) is 6.51. The highest BCUT2D eigenvalue weighted by Crippen LogP contribution is 2.37. The van der Waals surface area contributed by atoms with Gasteiger partial charge >= 0.3 is 0 Å². The van der Waals surface area contributed by atoms with Crippen molar-refractivity contribution in [3.63, 3.8) is 0 Å². The first-order chi connectivity index (χ1) is 4.97. The molecular formula is C9H16O. The molecule has 1 saturated carbocycles. The van der Waals surface area contributed by atoms with E-state index in [4.69, 9.17) is 4.74 Å². The molecule has 1 aliphatic heterocycles. The molecule has 0 atom stereocenters. The minimum atomic E-state index is 1.03. The summed E-state index contributed by atoms with van der Waals surface area (Å²) in [5.41, 5.74) is 0. The molecule has 1 heterocycles. The molecular weight excluding hydrogens is 124 g/mol. The third-order valence-corrected chi connectivity index (χ3v) is 3.08. The van der Waals surface area contributed by atoms with Gasteiger partial charge in [-0.2, -0.15) is 0 Å². The molecule has 2 rings (SSSR count). The molecule has 0 aromatic rings. The Kier molecular flexibility index (Phi) is 1.94. The van der Waals surface area contributed by atoms with Gasteiger partial charge < -0.3 is 4.74 Å². The monoisotopic (exact) mass is 140 g/mol. The Morgan fingerprint density at radius 1 is 0.800 bits per heavy atom. The fourth-order valence-corrected chi connectivity index (χ4v) is 2.10. The van der Waals surface area contributed by atoms with Crippen LogP contribution in [0.4, 0.5) is 0 Å². The molecule has 1 aliphatic carbocycles. The lowest BCUT2D eigenvalue weighted by molar-refractivity contribution is 0.0297. The van der Waals surface area contributed by atoms with Crippen molar-refractivity contribution in [2.75, 3.05) is 13.2 Å². The van der Waals surface area contributed by atoms with E-state index in [1.54, 1.807) is 0 Å². The van der Waals surface area contributed by atoms with Gasteiger partial charge in [-0.25, -0.2) is 0 Å². The van der Waals surface area contributed by atoms with Crippen LogP contribution in [-0.4, -0.2) is 13.2 Å². The first-order valence-corrected chi connectivity index (χ1v) is 4.54. The predicted molar refractivity (Wildman–Crippen MR) is 40.9 cm³/mol. The van der Waals surface area contributed by atoms with Gasteiger partial charge in [0.25, 0.3) is 0 Å². The fraction of sp³-hybridized carbons (Fsp3) is 1.00. The minimum absolute atomic E-state index is 1.03. The van der Waals surface area contributed by atoms with Gasteiger partial charge in [0.1, 0.15) is 0 Å². The van der Waals surface area contributed by atoms with Crippen LogP contribution < -0.4 is 0 Å². The van der Waals surface area contributed by atoms with Crippen LogP contribution in [0.5, 0.6) is 0 Å². The molecule has 58 valence electrons. The molecule has 2 aliphatic rings. The van der Waals surface area contributed by atoms with E-state index in [1.165, 1.54) is 32.1 Å². The van der Waals surface area contributed by atoms with Crippen molar-refractivity contribution in [3.05, 3.63) is 0 Å². The van der Waals surface area contributed by atoms with Crippen LogP contribution in [0.25, 0.3) is 0 Å². The van der Waals surface area contributed by atoms with E-state index in [9.17, 15) is 0 Å². The minimum Gasteiger partial charge on any atom is -0.381 e. The second-order valence-corrected chi connectivity index (χ2v) is 3.64. The average Bonchev–Trinajstić information content (AvgIpc) is 1.86. The van der Waals surface area contributed by atoms with Crippen molar-refractivity contribution >= 4 is 0 Å². The zero-order valence-corrected chi connectivity index (χ0v) is 6.51. The summed E-state index contributed by atoms with van der Waals surface area (Å²) < 4.78 is 5.32. The summed E-state index contributed by atoms with van der Waals surface area (Å²) in [6.07, 6.45) is 7.17. The van der Waals surface area contributed by atoms with E-state index in [2.05, 4.69) is 0 Å². The molecule has 1 heteroatoms. The summed E-state index contributed by atoms with van der Waals surface area (Å²) in [6.45, 7) is 2.06. The first kappa shape index (κ1) is 6.66. The largest absolute Gasteiger partial charge is 0.381 e. The van der Waals surface area contributed by atoms with Gasteiger partial charge in [-0.1, -0.05) is 19.3 Å². The molecule has 2 fully saturated rings. The second kappa shape index (κ2) is 2.91. The Labute approximate surface area is 62.8 Å². The second-order valence-electron chi connectivity index (χ2n) is 3.64. The van der Waals surface area contributed by atoms with Crippen molar-refractivity contribution in [1.29, 1.82) is 0 Å². The van der Waals surface area contributed by atoms with Crippen molar-refractivity contribution in [3.8, 4) is 0 Å². The van der Waals surface area contributed by atoms with E-state index in [1.807, 2.05) is 0 Å². The van der Waals surface area contributed by atoms with E-state index in [0.29, 0.717) is 0 Å². The molecule has 1 nitrogen and oxygen atoms in total. The van der Waals surface area contributed by atoms with Gasteiger partial charge in [-0.15, -0.1) is 0 Å². The zero-order chi connectivity index (χ0) is 6.81. The first-order valence-electron chi connectivity index (χ1n) is 4.54. The summed E-state index contributed by atoms with van der Waals surface area (Å²) in [4.78, 5) is 0. The standard InChI is InChI=1S/C9H16O/c1-2-8(3-1)9-4-6-10-7-5-9/h8-9H,1-7H2. The van der Waals surface area contributed by atoms with Crippen molar-refractivity contribution in [1.82, 2.24) is 0 Å². The number of ether oxygens (including phenoxy) is 1. The van der Waals surface area contributed by atoms with E-state index < -0.39 is 0 Å². The van der Waals surface area contributed by atoms with Gasteiger partial charge in [0.2, 0.25) is 0 Å². The Morgan fingerprint density at radius 2 is 1.40 bits per heavy atom. The molecule has 0 bridgehead atoms. The fourth-order valence-electron chi connectivity index (χ4n) is 2.10. The van der Waals surface area contributed by atoms with Gasteiger partial charge in [0.15, 0.2) is 0 Å². The lowest BCUT2D eigenvalue weighted by atomic mass is 9.73. The Hall–Kier alpha value is -0.0400. The van der Waals surface area contributed by atoms with Gasteiger partial charge in [-0.05, 0) is 24.7 Å². The summed E-state index contributed by atoms with van der Waals surface area (Å²) in [7, 11) is 0. The third kappa shape index (κ3) is 1.20. The van der Waals surface area contributed by atoms with E-state index in [-0.39, 0.29) is 0 Å². The predicted octanol–water partition coefficient (Wildman–Crippen LogP) is 2.21. The molecule has 0 amide bonds. The van der Waals surface area contributed by atoms with Gasteiger partial charge in [-0.3, -0.25) is 0 Å². The van der Waals surface area contributed by atoms with Crippen LogP contribution >= 0.6 is 0 Å². The molecule has 1 saturated heterocycles. The molecule has 0 aromatic carbocycles. The molecule has 0 spiro atoms. The summed E-state index contributed by atoms with van der Waals surface area (Å²) >= 11 is 0. The van der Waals surface area contributed by atoms with Crippen LogP contribution in [0, 0.1) is 11.8 Å². The van der Waals surface area contributed by atoms with Crippen molar-refractivity contribution in [2.45, 2.75) is 32.1 Å². The Bertz CT molecular complexity index is 101. The van der Waals surface area contributed by atoms with E-state index in [0.717, 1.165) is 25.0 Å². The normalized spacial score (nSPS) is 30.0. The number of rotatable bonds is 1. The highest BCUT2D eigenvalue weighted by atomic mass is 16.5. The maximum Gasteiger partial charge on any atom is 0.0468 e. The molecule has 0 N–H and O–H groups in total. The average molecular weight is 140 g/mol. The quantitative estimate of drug-likeness (QED) is 0.542. The van der Waals surface area contributed by atoms with Gasteiger partial charge in [0, 0.05) is 13.2 Å². The summed E-state index contributed by atoms with van der Waals surface area (Å²) in [6, 6.07) is 0. The summed E-state index contributed by atoms with van der Waals surface area (Å²) in [5, 5.41) is 0. The topological polar surface area (TPSA) is 9.23 Å². The number of hydrogen-bond acceptors (Lipinski definition) is 1. The SMILES string of the molecule is C1CC(C2CCOCC2)C1. The molecule has 0 aromatic heterocycles. The smallest absolute Gasteiger partial charge is 0.0468 e. The number of hydrogen-bond donors (Lipinski definition) is 0. The van der Waals surface area contributed by atoms with Crippen LogP contribution in [0.3, 0.4) is 0 Å². The van der Waals surface area contributed by atoms with Crippen LogP contribution in [0.1, 0.15) is 32.1 Å². The molecule has 10 heavy (non-hydrogen) atoms. The lowest BCUT2D eigenvalue weighted by Gasteiger charge is -2.35. The lowest BCUT2D eigenvalue weighted by Crippen LogP contribution is -2.27. The van der Waals surface area contributed by atoms with Crippen LogP contribution in [-0.2, 0) is 4.74 Å². The van der Waals surface area contributed by atoms with Crippen molar-refractivity contribution < 1.29 is 4.74 Å². The molecule has 0 unspecified atom stereocenters. The summed E-state index contributed by atoms with van der Waals surface area (Å²) in [5.74, 6) is 2.12. The molecule has 0 radical (unpaired) electrons. The third-order valence-electron chi connectivity index (χ3n) is 3.08. The maximum atomic E-state index is 5.32. The van der Waals surface area contributed by atoms with Gasteiger partial charge in [0.05, 0.1) is 0 Å². The highest BCUT2D eigenvalue weighted by Gasteiger charge is 2.28. The van der Waals surface area contributed by atoms with Crippen LogP contribution in [0.15, 0.2) is 0 Å².